The summed E-state index contributed by atoms with van der Waals surface area (Å²) in [5, 5.41) is 16.5. The van der Waals surface area contributed by atoms with Crippen molar-refractivity contribution in [3.05, 3.63) is 89.4 Å². The monoisotopic (exact) mass is 445 g/mol. The van der Waals surface area contributed by atoms with E-state index in [1.54, 1.807) is 17.0 Å². The van der Waals surface area contributed by atoms with Gasteiger partial charge in [-0.2, -0.15) is 5.10 Å². The van der Waals surface area contributed by atoms with Gasteiger partial charge in [-0.1, -0.05) is 42.5 Å². The quantitative estimate of drug-likeness (QED) is 0.592. The zero-order valence-electron chi connectivity index (χ0n) is 18.8. The second-order valence-electron chi connectivity index (χ2n) is 8.24. The number of hydrogen-bond acceptors (Lipinski definition) is 5. The molecule has 33 heavy (non-hydrogen) atoms. The predicted molar refractivity (Wildman–Crippen MR) is 126 cm³/mol. The molecule has 3 aromatic rings. The number of hydrogen-bond donors (Lipinski definition) is 1. The highest BCUT2D eigenvalue weighted by atomic mass is 16.4. The van der Waals surface area contributed by atoms with Crippen molar-refractivity contribution in [1.29, 1.82) is 0 Å². The van der Waals surface area contributed by atoms with Crippen LogP contribution in [-0.4, -0.2) is 34.1 Å². The van der Waals surface area contributed by atoms with Crippen LogP contribution in [-0.2, 0) is 16.1 Å². The molecule has 1 aliphatic rings. The van der Waals surface area contributed by atoms with Crippen LogP contribution in [0.2, 0.25) is 0 Å². The van der Waals surface area contributed by atoms with Crippen molar-refractivity contribution < 1.29 is 19.1 Å². The fourth-order valence-corrected chi connectivity index (χ4v) is 3.83. The zero-order valence-corrected chi connectivity index (χ0v) is 18.8. The van der Waals surface area contributed by atoms with Gasteiger partial charge in [0.15, 0.2) is 0 Å². The largest absolute Gasteiger partial charge is 0.467 e. The molecule has 7 nitrogen and oxygen atoms in total. The molecule has 0 saturated carbocycles. The molecular formula is C26H27N3O4. The van der Waals surface area contributed by atoms with E-state index in [2.05, 4.69) is 5.10 Å². The van der Waals surface area contributed by atoms with Crippen LogP contribution in [0.5, 0.6) is 0 Å². The SMILES string of the molecule is Cc1ccc(C)c(N2N=C(C(=O)N(Cc3ccccc3)CC(O)c3ccco3)CCC2=O)c1. The van der Waals surface area contributed by atoms with E-state index < -0.39 is 6.10 Å². The molecule has 0 radical (unpaired) electrons. The Morgan fingerprint density at radius 3 is 2.64 bits per heavy atom. The molecule has 0 spiro atoms. The lowest BCUT2D eigenvalue weighted by Gasteiger charge is -2.29. The van der Waals surface area contributed by atoms with Gasteiger partial charge in [-0.3, -0.25) is 9.59 Å². The molecule has 0 aliphatic carbocycles. The van der Waals surface area contributed by atoms with Crippen LogP contribution in [0, 0.1) is 13.8 Å². The Bertz CT molecular complexity index is 1160. The van der Waals surface area contributed by atoms with Crippen LogP contribution in [0.15, 0.2) is 76.4 Å². The Morgan fingerprint density at radius 2 is 1.91 bits per heavy atom. The topological polar surface area (TPSA) is 86.3 Å². The minimum Gasteiger partial charge on any atom is -0.467 e. The van der Waals surface area contributed by atoms with E-state index in [0.717, 1.165) is 16.7 Å². The second kappa shape index (κ2) is 9.83. The average molecular weight is 446 g/mol. The van der Waals surface area contributed by atoms with Crippen LogP contribution >= 0.6 is 0 Å². The summed E-state index contributed by atoms with van der Waals surface area (Å²) in [7, 11) is 0. The second-order valence-corrected chi connectivity index (χ2v) is 8.24. The van der Waals surface area contributed by atoms with Crippen molar-refractivity contribution in [2.75, 3.05) is 11.6 Å². The van der Waals surface area contributed by atoms with Gasteiger partial charge in [-0.05, 0) is 48.7 Å². The Hall–Kier alpha value is -3.71. The third kappa shape index (κ3) is 5.21. The third-order valence-corrected chi connectivity index (χ3v) is 5.64. The van der Waals surface area contributed by atoms with Crippen LogP contribution in [0.1, 0.15) is 41.4 Å². The smallest absolute Gasteiger partial charge is 0.270 e. The number of benzene rings is 2. The van der Waals surface area contributed by atoms with Crippen LogP contribution in [0.4, 0.5) is 5.69 Å². The van der Waals surface area contributed by atoms with Gasteiger partial charge in [-0.15, -0.1) is 0 Å². The molecule has 170 valence electrons. The third-order valence-electron chi connectivity index (χ3n) is 5.64. The highest BCUT2D eigenvalue weighted by Gasteiger charge is 2.30. The molecule has 4 rings (SSSR count). The lowest BCUT2D eigenvalue weighted by molar-refractivity contribution is -0.126. The fraction of sp³-hybridized carbons (Fsp3) is 0.269. The van der Waals surface area contributed by atoms with Crippen molar-refractivity contribution in [2.24, 2.45) is 5.10 Å². The summed E-state index contributed by atoms with van der Waals surface area (Å²) in [6, 6.07) is 18.7. The minimum absolute atomic E-state index is 0.0394. The maximum atomic E-state index is 13.6. The molecule has 0 bridgehead atoms. The van der Waals surface area contributed by atoms with Gasteiger partial charge in [0, 0.05) is 19.4 Å². The first-order valence-electron chi connectivity index (χ1n) is 10.9. The number of amides is 2. The van der Waals surface area contributed by atoms with Crippen LogP contribution < -0.4 is 5.01 Å². The molecule has 1 aromatic heterocycles. The number of aliphatic hydroxyl groups excluding tert-OH is 1. The van der Waals surface area contributed by atoms with E-state index in [9.17, 15) is 14.7 Å². The minimum atomic E-state index is -0.978. The summed E-state index contributed by atoms with van der Waals surface area (Å²) in [4.78, 5) is 27.8. The molecule has 1 unspecified atom stereocenters. The van der Waals surface area contributed by atoms with Crippen molar-refractivity contribution >= 4 is 23.2 Å². The Kier molecular flexibility index (Phi) is 6.70. The maximum Gasteiger partial charge on any atom is 0.270 e. The Labute approximate surface area is 192 Å². The first kappa shape index (κ1) is 22.5. The van der Waals surface area contributed by atoms with Gasteiger partial charge in [-0.25, -0.2) is 5.01 Å². The standard InChI is InChI=1S/C26H27N3O4/c1-18-10-11-19(2)22(15-18)29-25(31)13-12-21(27-29)26(32)28(16-20-7-4-3-5-8-20)17-23(30)24-9-6-14-33-24/h3-11,14-15,23,30H,12-13,16-17H2,1-2H3. The summed E-state index contributed by atoms with van der Waals surface area (Å²) in [6.07, 6.45) is 0.952. The van der Waals surface area contributed by atoms with E-state index in [-0.39, 0.29) is 36.9 Å². The van der Waals surface area contributed by atoms with Gasteiger partial charge in [0.05, 0.1) is 18.5 Å². The molecule has 1 N–H and O–H groups in total. The van der Waals surface area contributed by atoms with Gasteiger partial charge >= 0.3 is 0 Å². The van der Waals surface area contributed by atoms with Crippen molar-refractivity contribution in [3.63, 3.8) is 0 Å². The molecular weight excluding hydrogens is 418 g/mol. The first-order valence-corrected chi connectivity index (χ1v) is 10.9. The molecule has 1 atom stereocenters. The average Bonchev–Trinajstić information content (AvgIpc) is 3.36. The normalized spacial score (nSPS) is 14.7. The Balaban J connectivity index is 1.63. The number of carbonyl (C=O) groups excluding carboxylic acids is 2. The zero-order chi connectivity index (χ0) is 23.4. The predicted octanol–water partition coefficient (Wildman–Crippen LogP) is 4.14. The van der Waals surface area contributed by atoms with Gasteiger partial charge in [0.1, 0.15) is 17.6 Å². The molecule has 2 aromatic carbocycles. The molecule has 0 saturated heterocycles. The highest BCUT2D eigenvalue weighted by molar-refractivity contribution is 6.40. The summed E-state index contributed by atoms with van der Waals surface area (Å²) >= 11 is 0. The summed E-state index contributed by atoms with van der Waals surface area (Å²) in [5.74, 6) is -0.0728. The molecule has 2 heterocycles. The fourth-order valence-electron chi connectivity index (χ4n) is 3.83. The number of hydrazone groups is 1. The van der Waals surface area contributed by atoms with E-state index >= 15 is 0 Å². The van der Waals surface area contributed by atoms with Crippen molar-refractivity contribution in [1.82, 2.24) is 4.90 Å². The Morgan fingerprint density at radius 1 is 1.12 bits per heavy atom. The number of carbonyl (C=O) groups is 2. The van der Waals surface area contributed by atoms with Gasteiger partial charge in [0.25, 0.3) is 5.91 Å². The number of aryl methyl sites for hydroxylation is 2. The molecule has 0 fully saturated rings. The summed E-state index contributed by atoms with van der Waals surface area (Å²) in [5.41, 5.74) is 3.80. The summed E-state index contributed by atoms with van der Waals surface area (Å²) in [6.45, 7) is 4.20. The van der Waals surface area contributed by atoms with E-state index in [0.29, 0.717) is 18.0 Å². The molecule has 1 aliphatic heterocycles. The van der Waals surface area contributed by atoms with Crippen LogP contribution in [0.3, 0.4) is 0 Å². The number of nitrogens with zero attached hydrogens (tertiary/aromatic N) is 3. The molecule has 7 heteroatoms. The first-order chi connectivity index (χ1) is 15.9. The van der Waals surface area contributed by atoms with Gasteiger partial charge < -0.3 is 14.4 Å². The lowest BCUT2D eigenvalue weighted by Crippen LogP contribution is -2.43. The van der Waals surface area contributed by atoms with Gasteiger partial charge in [0.2, 0.25) is 5.91 Å². The molecule has 2 amide bonds. The van der Waals surface area contributed by atoms with Crippen molar-refractivity contribution in [2.45, 2.75) is 39.3 Å². The lowest BCUT2D eigenvalue weighted by atomic mass is 10.1. The van der Waals surface area contributed by atoms with E-state index in [1.807, 2.05) is 62.4 Å². The number of aliphatic hydroxyl groups is 1. The highest BCUT2D eigenvalue weighted by Crippen LogP contribution is 2.26. The van der Waals surface area contributed by atoms with Crippen molar-refractivity contribution in [3.8, 4) is 0 Å². The van der Waals surface area contributed by atoms with E-state index in [1.165, 1.54) is 11.3 Å². The number of furan rings is 1. The van der Waals surface area contributed by atoms with Crippen LogP contribution in [0.25, 0.3) is 0 Å². The maximum absolute atomic E-state index is 13.6. The number of anilines is 1. The number of rotatable bonds is 7. The van der Waals surface area contributed by atoms with E-state index in [4.69, 9.17) is 4.42 Å². The summed E-state index contributed by atoms with van der Waals surface area (Å²) < 4.78 is 5.31.